The van der Waals surface area contributed by atoms with Gasteiger partial charge in [0.05, 0.1) is 0 Å². The molecule has 1 aromatic carbocycles. The molecule has 1 heterocycles. The predicted octanol–water partition coefficient (Wildman–Crippen LogP) is 4.35. The molecule has 1 saturated heterocycles. The highest BCUT2D eigenvalue weighted by molar-refractivity contribution is 9.10. The van der Waals surface area contributed by atoms with Gasteiger partial charge in [0, 0.05) is 16.7 Å². The third-order valence-electron chi connectivity index (χ3n) is 3.63. The molecule has 2 nitrogen and oxygen atoms in total. The van der Waals surface area contributed by atoms with Crippen LogP contribution in [0.4, 0.5) is 5.69 Å². The summed E-state index contributed by atoms with van der Waals surface area (Å²) in [4.78, 5) is 2.48. The smallest absolute Gasteiger partial charge is 0.0363 e. The van der Waals surface area contributed by atoms with E-state index in [4.69, 9.17) is 5.73 Å². The summed E-state index contributed by atoms with van der Waals surface area (Å²) in [6.07, 6.45) is 2.64. The van der Waals surface area contributed by atoms with Gasteiger partial charge < -0.3 is 5.73 Å². The zero-order valence-corrected chi connectivity index (χ0v) is 14.4. The van der Waals surface area contributed by atoms with Crippen molar-refractivity contribution in [2.75, 3.05) is 18.8 Å². The molecular formula is C15H24BrClN2. The SMILES string of the molecule is CC(C)(C)c1cc(N)c(CN2CCCC2)cc1Br.Cl. The average Bonchev–Trinajstić information content (AvgIpc) is 2.74. The zero-order valence-electron chi connectivity index (χ0n) is 12.0. The summed E-state index contributed by atoms with van der Waals surface area (Å²) in [5, 5.41) is 0. The minimum absolute atomic E-state index is 0. The Labute approximate surface area is 131 Å². The molecule has 0 bridgehead atoms. The van der Waals surface area contributed by atoms with Crippen molar-refractivity contribution >= 4 is 34.0 Å². The summed E-state index contributed by atoms with van der Waals surface area (Å²) in [5.41, 5.74) is 9.80. The maximum atomic E-state index is 6.22. The van der Waals surface area contributed by atoms with Crippen LogP contribution in [0.2, 0.25) is 0 Å². The Bertz CT molecular complexity index is 435. The van der Waals surface area contributed by atoms with E-state index in [1.54, 1.807) is 0 Å². The van der Waals surface area contributed by atoms with E-state index < -0.39 is 0 Å². The lowest BCUT2D eigenvalue weighted by molar-refractivity contribution is 0.332. The first-order valence-electron chi connectivity index (χ1n) is 6.68. The van der Waals surface area contributed by atoms with Crippen LogP contribution in [-0.2, 0) is 12.0 Å². The number of hydrogen-bond acceptors (Lipinski definition) is 2. The maximum absolute atomic E-state index is 6.22. The van der Waals surface area contributed by atoms with E-state index in [1.807, 2.05) is 0 Å². The highest BCUT2D eigenvalue weighted by Gasteiger charge is 2.20. The van der Waals surface area contributed by atoms with Crippen LogP contribution in [0, 0.1) is 0 Å². The molecule has 2 N–H and O–H groups in total. The van der Waals surface area contributed by atoms with Gasteiger partial charge in [0.25, 0.3) is 0 Å². The van der Waals surface area contributed by atoms with Crippen LogP contribution >= 0.6 is 28.3 Å². The Morgan fingerprint density at radius 1 is 1.21 bits per heavy atom. The van der Waals surface area contributed by atoms with E-state index >= 15 is 0 Å². The maximum Gasteiger partial charge on any atom is 0.0363 e. The van der Waals surface area contributed by atoms with Gasteiger partial charge in [-0.25, -0.2) is 0 Å². The lowest BCUT2D eigenvalue weighted by Gasteiger charge is -2.24. The van der Waals surface area contributed by atoms with Crippen LogP contribution in [0.5, 0.6) is 0 Å². The van der Waals surface area contributed by atoms with Crippen LogP contribution in [0.25, 0.3) is 0 Å². The molecule has 2 rings (SSSR count). The number of nitrogens with zero attached hydrogens (tertiary/aromatic N) is 1. The van der Waals surface area contributed by atoms with Crippen LogP contribution in [0.1, 0.15) is 44.7 Å². The summed E-state index contributed by atoms with van der Waals surface area (Å²) in [6, 6.07) is 4.34. The fourth-order valence-corrected chi connectivity index (χ4v) is 3.51. The molecule has 1 aromatic rings. The van der Waals surface area contributed by atoms with Crippen molar-refractivity contribution < 1.29 is 0 Å². The number of rotatable bonds is 2. The van der Waals surface area contributed by atoms with Gasteiger partial charge in [-0.05, 0) is 54.6 Å². The number of likely N-dealkylation sites (tertiary alicyclic amines) is 1. The average molecular weight is 348 g/mol. The van der Waals surface area contributed by atoms with Gasteiger partial charge in [-0.1, -0.05) is 36.7 Å². The summed E-state index contributed by atoms with van der Waals surface area (Å²) >= 11 is 3.69. The fourth-order valence-electron chi connectivity index (χ4n) is 2.52. The molecule has 0 aliphatic carbocycles. The zero-order chi connectivity index (χ0) is 13.3. The summed E-state index contributed by atoms with van der Waals surface area (Å²) in [6.45, 7) is 10.0. The molecule has 0 atom stereocenters. The van der Waals surface area contributed by atoms with Crippen molar-refractivity contribution in [3.8, 4) is 0 Å². The summed E-state index contributed by atoms with van der Waals surface area (Å²) in [7, 11) is 0. The van der Waals surface area contributed by atoms with E-state index in [1.165, 1.54) is 41.5 Å². The van der Waals surface area contributed by atoms with Crippen molar-refractivity contribution in [3.63, 3.8) is 0 Å². The third kappa shape index (κ3) is 4.11. The molecule has 0 saturated carbocycles. The van der Waals surface area contributed by atoms with Crippen molar-refractivity contribution in [2.24, 2.45) is 0 Å². The third-order valence-corrected chi connectivity index (χ3v) is 4.29. The molecule has 19 heavy (non-hydrogen) atoms. The fraction of sp³-hybridized carbons (Fsp3) is 0.600. The largest absolute Gasteiger partial charge is 0.398 e. The standard InChI is InChI=1S/C15H23BrN2.ClH/c1-15(2,3)12-9-14(17)11(8-13(12)16)10-18-6-4-5-7-18;/h8-9H,4-7,10,17H2,1-3H3;1H. The van der Waals surface area contributed by atoms with Gasteiger partial charge in [0.15, 0.2) is 0 Å². The van der Waals surface area contributed by atoms with Gasteiger partial charge >= 0.3 is 0 Å². The first kappa shape index (κ1) is 16.8. The first-order chi connectivity index (χ1) is 8.38. The van der Waals surface area contributed by atoms with E-state index in [0.29, 0.717) is 0 Å². The molecule has 1 fully saturated rings. The van der Waals surface area contributed by atoms with Crippen molar-refractivity contribution in [2.45, 2.75) is 45.6 Å². The quantitative estimate of drug-likeness (QED) is 0.806. The van der Waals surface area contributed by atoms with Crippen molar-refractivity contribution in [1.29, 1.82) is 0 Å². The van der Waals surface area contributed by atoms with Crippen LogP contribution < -0.4 is 5.73 Å². The summed E-state index contributed by atoms with van der Waals surface area (Å²) < 4.78 is 1.18. The van der Waals surface area contributed by atoms with Gasteiger partial charge in [0.2, 0.25) is 0 Å². The highest BCUT2D eigenvalue weighted by atomic mass is 79.9. The molecule has 0 radical (unpaired) electrons. The monoisotopic (exact) mass is 346 g/mol. The molecule has 0 unspecified atom stereocenters. The van der Waals surface area contributed by atoms with Crippen LogP contribution in [0.3, 0.4) is 0 Å². The van der Waals surface area contributed by atoms with E-state index in [0.717, 1.165) is 12.2 Å². The Morgan fingerprint density at radius 2 is 1.79 bits per heavy atom. The van der Waals surface area contributed by atoms with E-state index in [-0.39, 0.29) is 17.8 Å². The second-order valence-electron chi connectivity index (χ2n) is 6.26. The normalized spacial score (nSPS) is 16.4. The Morgan fingerprint density at radius 3 is 2.32 bits per heavy atom. The molecule has 0 spiro atoms. The van der Waals surface area contributed by atoms with Crippen LogP contribution in [-0.4, -0.2) is 18.0 Å². The minimum Gasteiger partial charge on any atom is -0.398 e. The van der Waals surface area contributed by atoms with Gasteiger partial charge in [-0.3, -0.25) is 4.90 Å². The Hall–Kier alpha value is -0.250. The van der Waals surface area contributed by atoms with E-state index in [2.05, 4.69) is 53.7 Å². The minimum atomic E-state index is 0. The van der Waals surface area contributed by atoms with Gasteiger partial charge in [-0.15, -0.1) is 12.4 Å². The lowest BCUT2D eigenvalue weighted by atomic mass is 9.86. The number of anilines is 1. The number of nitrogen functional groups attached to an aromatic ring is 1. The van der Waals surface area contributed by atoms with Gasteiger partial charge in [-0.2, -0.15) is 0 Å². The van der Waals surface area contributed by atoms with Gasteiger partial charge in [0.1, 0.15) is 0 Å². The molecule has 4 heteroatoms. The second kappa shape index (κ2) is 6.47. The van der Waals surface area contributed by atoms with Crippen LogP contribution in [0.15, 0.2) is 16.6 Å². The molecule has 108 valence electrons. The lowest BCUT2D eigenvalue weighted by Crippen LogP contribution is -2.20. The number of hydrogen-bond donors (Lipinski definition) is 1. The molecular weight excluding hydrogens is 324 g/mol. The highest BCUT2D eigenvalue weighted by Crippen LogP contribution is 2.33. The molecule has 1 aliphatic heterocycles. The Balaban J connectivity index is 0.00000180. The number of nitrogens with two attached hydrogens (primary N) is 1. The summed E-state index contributed by atoms with van der Waals surface area (Å²) in [5.74, 6) is 0. The van der Waals surface area contributed by atoms with Crippen molar-refractivity contribution in [3.05, 3.63) is 27.7 Å². The molecule has 0 aromatic heterocycles. The second-order valence-corrected chi connectivity index (χ2v) is 7.12. The molecule has 0 amide bonds. The topological polar surface area (TPSA) is 29.3 Å². The first-order valence-corrected chi connectivity index (χ1v) is 7.48. The predicted molar refractivity (Wildman–Crippen MR) is 89.0 cm³/mol. The number of benzene rings is 1. The Kier molecular flexibility index (Phi) is 5.72. The van der Waals surface area contributed by atoms with Crippen molar-refractivity contribution in [1.82, 2.24) is 4.90 Å². The molecule has 1 aliphatic rings. The van der Waals surface area contributed by atoms with E-state index in [9.17, 15) is 0 Å². The number of halogens is 2.